The van der Waals surface area contributed by atoms with Gasteiger partial charge in [0, 0.05) is 38.6 Å². The minimum atomic E-state index is -0.282. The number of aromatic nitrogens is 1. The molecule has 0 aliphatic carbocycles. The predicted octanol–water partition coefficient (Wildman–Crippen LogP) is 2.22. The van der Waals surface area contributed by atoms with Gasteiger partial charge < -0.3 is 21.1 Å². The summed E-state index contributed by atoms with van der Waals surface area (Å²) in [4.78, 5) is 31.9. The summed E-state index contributed by atoms with van der Waals surface area (Å²) in [6.45, 7) is 2.36. The van der Waals surface area contributed by atoms with Crippen molar-refractivity contribution in [3.63, 3.8) is 0 Å². The third-order valence-electron chi connectivity index (χ3n) is 4.23. The van der Waals surface area contributed by atoms with E-state index >= 15 is 0 Å². The maximum atomic E-state index is 12.2. The molecule has 0 atom stereocenters. The first-order chi connectivity index (χ1) is 14.5. The van der Waals surface area contributed by atoms with Crippen molar-refractivity contribution >= 4 is 17.5 Å². The molecule has 0 saturated carbocycles. The van der Waals surface area contributed by atoms with Crippen molar-refractivity contribution in [2.45, 2.75) is 19.8 Å². The zero-order valence-corrected chi connectivity index (χ0v) is 17.4. The average molecular weight is 409 g/mol. The number of carbonyl (C=O) groups is 2. The van der Waals surface area contributed by atoms with Gasteiger partial charge in [-0.05, 0) is 42.7 Å². The molecule has 30 heavy (non-hydrogen) atoms. The third-order valence-corrected chi connectivity index (χ3v) is 4.23. The second-order valence-electron chi connectivity index (χ2n) is 6.39. The number of rotatable bonds is 9. The summed E-state index contributed by atoms with van der Waals surface area (Å²) in [6, 6.07) is 10.8. The van der Waals surface area contributed by atoms with Crippen molar-refractivity contribution in [1.82, 2.24) is 15.6 Å². The van der Waals surface area contributed by atoms with Gasteiger partial charge in [-0.25, -0.2) is 0 Å². The van der Waals surface area contributed by atoms with Crippen LogP contribution in [-0.2, 0) is 11.2 Å². The van der Waals surface area contributed by atoms with E-state index in [9.17, 15) is 9.59 Å². The maximum absolute atomic E-state index is 12.2. The number of hydrogen-bond acceptors (Lipinski definition) is 6. The maximum Gasteiger partial charge on any atom is 0.269 e. The number of nitrogens with two attached hydrogens (primary N) is 1. The monoisotopic (exact) mass is 409 g/mol. The average Bonchev–Trinajstić information content (AvgIpc) is 2.77. The summed E-state index contributed by atoms with van der Waals surface area (Å²) in [6.07, 6.45) is 4.38. The van der Waals surface area contributed by atoms with Gasteiger partial charge in [-0.1, -0.05) is 19.1 Å². The molecule has 1 aromatic heterocycles. The Morgan fingerprint density at radius 2 is 2.00 bits per heavy atom. The molecule has 2 aromatic rings. The fourth-order valence-corrected chi connectivity index (χ4v) is 2.55. The summed E-state index contributed by atoms with van der Waals surface area (Å²) in [5.74, 6) is 0.593. The Labute approximate surface area is 176 Å². The molecule has 0 spiro atoms. The first kappa shape index (κ1) is 22.6. The molecule has 8 heteroatoms. The Morgan fingerprint density at radius 3 is 2.70 bits per heavy atom. The van der Waals surface area contributed by atoms with Crippen LogP contribution in [0.5, 0.6) is 11.5 Å². The number of hydrogen-bond donors (Lipinski definition) is 3. The minimum absolute atomic E-state index is 0.264. The highest BCUT2D eigenvalue weighted by Gasteiger charge is 2.09. The van der Waals surface area contributed by atoms with Crippen molar-refractivity contribution in [1.29, 1.82) is 0 Å². The van der Waals surface area contributed by atoms with Gasteiger partial charge in [0.15, 0.2) is 0 Å². The number of allylic oxidation sites excluding steroid dienone is 1. The molecule has 0 bridgehead atoms. The zero-order valence-electron chi connectivity index (χ0n) is 17.4. The molecule has 2 amide bonds. The van der Waals surface area contributed by atoms with Crippen LogP contribution >= 0.6 is 0 Å². The SMILES string of the molecule is CCC(N)=CC(=NC)C(=O)NCCc1cccc(Oc2ccnc(C(=O)NC)c2)c1. The summed E-state index contributed by atoms with van der Waals surface area (Å²) in [7, 11) is 3.11. The number of amides is 2. The normalized spacial score (nSPS) is 11.7. The quantitative estimate of drug-likeness (QED) is 0.549. The lowest BCUT2D eigenvalue weighted by molar-refractivity contribution is -0.114. The van der Waals surface area contributed by atoms with Crippen LogP contribution in [-0.4, -0.2) is 43.2 Å². The fourth-order valence-electron chi connectivity index (χ4n) is 2.55. The van der Waals surface area contributed by atoms with Crippen LogP contribution < -0.4 is 21.1 Å². The summed E-state index contributed by atoms with van der Waals surface area (Å²) < 4.78 is 5.85. The standard InChI is InChI=1S/C22H27N5O3/c1-4-16(23)13-19(24-2)22(29)27-10-8-15-6-5-7-17(12-15)30-18-9-11-26-20(14-18)21(28)25-3/h5-7,9,11-14H,4,8,10,23H2,1-3H3,(H,25,28)(H,27,29). The molecule has 0 fully saturated rings. The molecular weight excluding hydrogens is 382 g/mol. The number of aliphatic imine (C=N–C) groups is 1. The van der Waals surface area contributed by atoms with Gasteiger partial charge in [-0.3, -0.25) is 19.6 Å². The van der Waals surface area contributed by atoms with E-state index in [0.717, 1.165) is 5.56 Å². The molecule has 4 N–H and O–H groups in total. The Kier molecular flexibility index (Phi) is 8.56. The second-order valence-corrected chi connectivity index (χ2v) is 6.39. The van der Waals surface area contributed by atoms with Gasteiger partial charge in [-0.15, -0.1) is 0 Å². The van der Waals surface area contributed by atoms with E-state index in [-0.39, 0.29) is 17.5 Å². The van der Waals surface area contributed by atoms with Crippen molar-refractivity contribution in [3.05, 3.63) is 65.6 Å². The van der Waals surface area contributed by atoms with E-state index in [2.05, 4.69) is 20.6 Å². The van der Waals surface area contributed by atoms with Gasteiger partial charge >= 0.3 is 0 Å². The zero-order chi connectivity index (χ0) is 21.9. The van der Waals surface area contributed by atoms with Gasteiger partial charge in [-0.2, -0.15) is 0 Å². The molecule has 2 rings (SSSR count). The molecule has 0 unspecified atom stereocenters. The van der Waals surface area contributed by atoms with Crippen LogP contribution in [0.2, 0.25) is 0 Å². The molecule has 0 aliphatic heterocycles. The lowest BCUT2D eigenvalue weighted by Crippen LogP contribution is -2.32. The number of ether oxygens (including phenoxy) is 1. The summed E-state index contributed by atoms with van der Waals surface area (Å²) in [5, 5.41) is 5.37. The molecule has 1 heterocycles. The van der Waals surface area contributed by atoms with E-state index in [4.69, 9.17) is 10.5 Å². The van der Waals surface area contributed by atoms with Crippen molar-refractivity contribution < 1.29 is 14.3 Å². The summed E-state index contributed by atoms with van der Waals surface area (Å²) in [5.41, 5.74) is 7.96. The van der Waals surface area contributed by atoms with Crippen molar-refractivity contribution in [3.8, 4) is 11.5 Å². The Hall–Kier alpha value is -3.68. The predicted molar refractivity (Wildman–Crippen MR) is 117 cm³/mol. The van der Waals surface area contributed by atoms with Crippen LogP contribution in [0.1, 0.15) is 29.4 Å². The topological polar surface area (TPSA) is 119 Å². The van der Waals surface area contributed by atoms with E-state index in [0.29, 0.717) is 42.3 Å². The third kappa shape index (κ3) is 6.73. The van der Waals surface area contributed by atoms with Gasteiger partial charge in [0.1, 0.15) is 22.9 Å². The number of carbonyl (C=O) groups excluding carboxylic acids is 2. The Morgan fingerprint density at radius 1 is 1.23 bits per heavy atom. The fraction of sp³-hybridized carbons (Fsp3) is 0.273. The highest BCUT2D eigenvalue weighted by molar-refractivity contribution is 6.43. The highest BCUT2D eigenvalue weighted by atomic mass is 16.5. The Balaban J connectivity index is 1.96. The second kappa shape index (κ2) is 11.4. The molecule has 0 radical (unpaired) electrons. The van der Waals surface area contributed by atoms with Crippen LogP contribution in [0.15, 0.2) is 59.4 Å². The largest absolute Gasteiger partial charge is 0.457 e. The van der Waals surface area contributed by atoms with Crippen molar-refractivity contribution in [2.24, 2.45) is 10.7 Å². The Bertz CT molecular complexity index is 953. The number of nitrogens with zero attached hydrogens (tertiary/aromatic N) is 2. The molecule has 0 aliphatic rings. The molecule has 1 aromatic carbocycles. The van der Waals surface area contributed by atoms with Gasteiger partial charge in [0.05, 0.1) is 0 Å². The first-order valence-corrected chi connectivity index (χ1v) is 9.62. The number of pyridine rings is 1. The van der Waals surface area contributed by atoms with E-state index in [1.807, 2.05) is 31.2 Å². The lowest BCUT2D eigenvalue weighted by atomic mass is 10.1. The summed E-state index contributed by atoms with van der Waals surface area (Å²) >= 11 is 0. The van der Waals surface area contributed by atoms with Crippen LogP contribution in [0.3, 0.4) is 0 Å². The van der Waals surface area contributed by atoms with Crippen LogP contribution in [0.4, 0.5) is 0 Å². The first-order valence-electron chi connectivity index (χ1n) is 9.62. The van der Waals surface area contributed by atoms with Gasteiger partial charge in [0.25, 0.3) is 11.8 Å². The van der Waals surface area contributed by atoms with E-state index in [1.165, 1.54) is 6.20 Å². The van der Waals surface area contributed by atoms with Crippen molar-refractivity contribution in [2.75, 3.05) is 20.6 Å². The number of benzene rings is 1. The number of nitrogens with one attached hydrogen (secondary N) is 2. The molecule has 0 saturated heterocycles. The minimum Gasteiger partial charge on any atom is -0.457 e. The van der Waals surface area contributed by atoms with Crippen LogP contribution in [0.25, 0.3) is 0 Å². The van der Waals surface area contributed by atoms with E-state index in [1.54, 1.807) is 32.3 Å². The highest BCUT2D eigenvalue weighted by Crippen LogP contribution is 2.22. The molecule has 158 valence electrons. The lowest BCUT2D eigenvalue weighted by Gasteiger charge is -2.09. The molecule has 8 nitrogen and oxygen atoms in total. The van der Waals surface area contributed by atoms with E-state index < -0.39 is 0 Å². The molecular formula is C22H27N5O3. The van der Waals surface area contributed by atoms with Crippen LogP contribution in [0, 0.1) is 0 Å². The van der Waals surface area contributed by atoms with Gasteiger partial charge in [0.2, 0.25) is 0 Å². The smallest absolute Gasteiger partial charge is 0.269 e.